The highest BCUT2D eigenvalue weighted by molar-refractivity contribution is 7.80. The monoisotopic (exact) mass is 588 g/mol. The molecule has 40 heavy (non-hydrogen) atoms. The van der Waals surface area contributed by atoms with Crippen molar-refractivity contribution in [1.82, 2.24) is 31.9 Å². The first-order valence-electron chi connectivity index (χ1n) is 12.6. The molecule has 228 valence electrons. The van der Waals surface area contributed by atoms with Gasteiger partial charge in [-0.05, 0) is 38.5 Å². The van der Waals surface area contributed by atoms with Crippen LogP contribution in [0.4, 0.5) is 0 Å². The molecule has 0 fully saturated rings. The van der Waals surface area contributed by atoms with Gasteiger partial charge in [-0.15, -0.1) is 0 Å². The summed E-state index contributed by atoms with van der Waals surface area (Å²) in [5.41, 5.74) is 27.0. The molecule has 0 aliphatic carbocycles. The number of nitrogens with one attached hydrogen (secondary N) is 9. The Kier molecular flexibility index (Phi) is 18.0. The molecule has 19 N–H and O–H groups in total. The van der Waals surface area contributed by atoms with Gasteiger partial charge in [-0.2, -0.15) is 12.6 Å². The third kappa shape index (κ3) is 16.8. The molecule has 0 saturated carbocycles. The van der Waals surface area contributed by atoms with Crippen LogP contribution in [0.1, 0.15) is 38.5 Å². The van der Waals surface area contributed by atoms with Gasteiger partial charge in [0.2, 0.25) is 23.6 Å². The second-order valence-electron chi connectivity index (χ2n) is 8.82. The quantitative estimate of drug-likeness (QED) is 0.0276. The molecule has 0 rings (SSSR count). The minimum Gasteiger partial charge on any atom is -0.370 e. The maximum atomic E-state index is 13.2. The molecule has 0 aromatic heterocycles. The molecule has 0 radical (unpaired) electrons. The number of hydrogen-bond acceptors (Lipinski definition) is 9. The van der Waals surface area contributed by atoms with E-state index in [9.17, 15) is 19.2 Å². The van der Waals surface area contributed by atoms with Crippen molar-refractivity contribution >= 4 is 54.1 Å². The molecule has 0 aliphatic rings. The molecule has 0 aromatic carbocycles. The molecule has 0 spiro atoms. The Morgan fingerprint density at radius 3 is 1.25 bits per heavy atom. The smallest absolute Gasteiger partial charge is 0.243 e. The van der Waals surface area contributed by atoms with E-state index < -0.39 is 47.8 Å². The Morgan fingerprint density at radius 2 is 0.925 bits per heavy atom. The van der Waals surface area contributed by atoms with Gasteiger partial charge in [0.15, 0.2) is 17.9 Å². The molecular weight excluding hydrogens is 544 g/mol. The van der Waals surface area contributed by atoms with Crippen LogP contribution in [-0.2, 0) is 19.2 Å². The first-order valence-corrected chi connectivity index (χ1v) is 13.2. The van der Waals surface area contributed by atoms with Crippen LogP contribution in [0.3, 0.4) is 0 Å². The fraction of sp³-hybridized carbons (Fsp3) is 0.667. The summed E-state index contributed by atoms with van der Waals surface area (Å²) < 4.78 is 0. The minimum atomic E-state index is -1.13. The summed E-state index contributed by atoms with van der Waals surface area (Å²) in [5, 5.41) is 37.2. The normalized spacial score (nSPS) is 13.4. The van der Waals surface area contributed by atoms with Crippen LogP contribution in [-0.4, -0.2) is 91.1 Å². The Hall–Kier alpha value is -4.00. The number of nitrogens with two attached hydrogens (primary N) is 5. The van der Waals surface area contributed by atoms with Crippen molar-refractivity contribution in [1.29, 1.82) is 16.2 Å². The predicted molar refractivity (Wildman–Crippen MR) is 154 cm³/mol. The number of hydrogen-bond donors (Lipinski definition) is 15. The highest BCUT2D eigenvalue weighted by Crippen LogP contribution is 2.05. The highest BCUT2D eigenvalue weighted by atomic mass is 32.1. The van der Waals surface area contributed by atoms with Gasteiger partial charge < -0.3 is 60.6 Å². The van der Waals surface area contributed by atoms with Gasteiger partial charge in [0.1, 0.15) is 18.1 Å². The predicted octanol–water partition coefficient (Wildman–Crippen LogP) is -5.03. The van der Waals surface area contributed by atoms with Gasteiger partial charge in [0.05, 0.1) is 6.04 Å². The molecule has 0 aliphatic heterocycles. The molecule has 0 bridgehead atoms. The van der Waals surface area contributed by atoms with E-state index in [1.807, 2.05) is 0 Å². The number of carbonyl (C=O) groups excluding carboxylic acids is 4. The topological polar surface area (TPSA) is 342 Å². The summed E-state index contributed by atoms with van der Waals surface area (Å²) in [6.07, 6.45) is 1.39. The Morgan fingerprint density at radius 1 is 0.600 bits per heavy atom. The largest absolute Gasteiger partial charge is 0.370 e. The van der Waals surface area contributed by atoms with Crippen LogP contribution >= 0.6 is 12.6 Å². The minimum absolute atomic E-state index is 0.0384. The standard InChI is InChI=1S/C21H44N14O4S/c22-11(10-40)16(37)34-13(5-2-8-31-20(26)27)18(39)35-14(6-3-9-32-21(28)29)17(38)33-12(15(23)36)4-1-7-30-19(24)25/h11-14,40H,1-10,22H2,(H2,23,36)(H,33,38)(H,34,37)(H,35,39)(H4,24,25,30)(H4,26,27,31)(H4,28,29,32). The molecule has 0 heterocycles. The number of primary amides is 1. The summed E-state index contributed by atoms with van der Waals surface area (Å²) in [6, 6.07) is -4.24. The lowest BCUT2D eigenvalue weighted by molar-refractivity contribution is -0.133. The first-order chi connectivity index (χ1) is 18.8. The maximum absolute atomic E-state index is 13.2. The summed E-state index contributed by atoms with van der Waals surface area (Å²) in [4.78, 5) is 50.7. The van der Waals surface area contributed by atoms with Gasteiger partial charge >= 0.3 is 0 Å². The van der Waals surface area contributed by atoms with E-state index >= 15 is 0 Å². The second kappa shape index (κ2) is 20.0. The van der Waals surface area contributed by atoms with Crippen LogP contribution in [0.25, 0.3) is 0 Å². The lowest BCUT2D eigenvalue weighted by Crippen LogP contribution is -2.57. The van der Waals surface area contributed by atoms with Crippen LogP contribution in [0, 0.1) is 16.2 Å². The van der Waals surface area contributed by atoms with Crippen molar-refractivity contribution in [3.63, 3.8) is 0 Å². The van der Waals surface area contributed by atoms with Gasteiger partial charge in [-0.3, -0.25) is 35.4 Å². The fourth-order valence-corrected chi connectivity index (χ4v) is 3.48. The van der Waals surface area contributed by atoms with Gasteiger partial charge in [0, 0.05) is 25.4 Å². The zero-order valence-corrected chi connectivity index (χ0v) is 23.2. The SMILES string of the molecule is N=C(N)NCCCC(NC(=O)C(CCCNC(=N)N)NC(=O)C(CCCNC(=N)N)NC(=O)C(N)CS)C(N)=O. The zero-order chi connectivity index (χ0) is 30.7. The third-order valence-corrected chi connectivity index (χ3v) is 5.81. The summed E-state index contributed by atoms with van der Waals surface area (Å²) in [7, 11) is 0. The van der Waals surface area contributed by atoms with E-state index in [2.05, 4.69) is 44.5 Å². The second-order valence-corrected chi connectivity index (χ2v) is 9.19. The number of carbonyl (C=O) groups is 4. The molecule has 19 heteroatoms. The molecule has 18 nitrogen and oxygen atoms in total. The van der Waals surface area contributed by atoms with Crippen molar-refractivity contribution in [3.05, 3.63) is 0 Å². The van der Waals surface area contributed by atoms with Crippen LogP contribution < -0.4 is 60.6 Å². The molecule has 4 unspecified atom stereocenters. The Labute approximate surface area is 238 Å². The maximum Gasteiger partial charge on any atom is 0.243 e. The summed E-state index contributed by atoms with van der Waals surface area (Å²) >= 11 is 4.00. The lowest BCUT2D eigenvalue weighted by atomic mass is 10.1. The fourth-order valence-electron chi connectivity index (χ4n) is 3.32. The molecule has 4 amide bonds. The van der Waals surface area contributed by atoms with E-state index in [4.69, 9.17) is 44.9 Å². The van der Waals surface area contributed by atoms with Crippen LogP contribution in [0.15, 0.2) is 0 Å². The van der Waals surface area contributed by atoms with Crippen LogP contribution in [0.5, 0.6) is 0 Å². The average molecular weight is 589 g/mol. The van der Waals surface area contributed by atoms with E-state index in [0.717, 1.165) is 0 Å². The van der Waals surface area contributed by atoms with Gasteiger partial charge in [0.25, 0.3) is 0 Å². The number of guanidine groups is 3. The zero-order valence-electron chi connectivity index (χ0n) is 22.3. The van der Waals surface area contributed by atoms with Crippen molar-refractivity contribution in [3.8, 4) is 0 Å². The Balaban J connectivity index is 5.60. The number of rotatable bonds is 20. The summed E-state index contributed by atoms with van der Waals surface area (Å²) in [6.45, 7) is 0.770. The van der Waals surface area contributed by atoms with E-state index in [-0.39, 0.29) is 62.5 Å². The molecular formula is C21H44N14O4S. The number of amides is 4. The highest BCUT2D eigenvalue weighted by Gasteiger charge is 2.29. The van der Waals surface area contributed by atoms with Crippen LogP contribution in [0.2, 0.25) is 0 Å². The van der Waals surface area contributed by atoms with Crippen molar-refractivity contribution in [2.45, 2.75) is 62.7 Å². The van der Waals surface area contributed by atoms with Crippen molar-refractivity contribution in [2.24, 2.45) is 28.7 Å². The van der Waals surface area contributed by atoms with Crippen molar-refractivity contribution < 1.29 is 19.2 Å². The van der Waals surface area contributed by atoms with E-state index in [1.54, 1.807) is 0 Å². The summed E-state index contributed by atoms with van der Waals surface area (Å²) in [5.74, 6) is -3.48. The van der Waals surface area contributed by atoms with Gasteiger partial charge in [-0.25, -0.2) is 0 Å². The Bertz CT molecular complexity index is 889. The first kappa shape index (κ1) is 36.0. The lowest BCUT2D eigenvalue weighted by Gasteiger charge is -2.25. The molecule has 0 aromatic rings. The van der Waals surface area contributed by atoms with Gasteiger partial charge in [-0.1, -0.05) is 0 Å². The van der Waals surface area contributed by atoms with E-state index in [0.29, 0.717) is 19.3 Å². The average Bonchev–Trinajstić information content (AvgIpc) is 2.87. The molecule has 0 saturated heterocycles. The molecule has 4 atom stereocenters. The third-order valence-electron chi connectivity index (χ3n) is 5.41. The van der Waals surface area contributed by atoms with E-state index in [1.165, 1.54) is 0 Å². The van der Waals surface area contributed by atoms with Crippen molar-refractivity contribution in [2.75, 3.05) is 25.4 Å². The number of thiol groups is 1.